The second-order valence-electron chi connectivity index (χ2n) is 11.5. The highest BCUT2D eigenvalue weighted by molar-refractivity contribution is 6.43. The fourth-order valence-electron chi connectivity index (χ4n) is 5.72. The first-order valence-corrected chi connectivity index (χ1v) is 16.7. The van der Waals surface area contributed by atoms with E-state index in [1.807, 2.05) is 37.3 Å². The minimum absolute atomic E-state index is 0.213. The van der Waals surface area contributed by atoms with E-state index < -0.39 is 18.7 Å². The zero-order valence-electron chi connectivity index (χ0n) is 26.1. The molecule has 46 heavy (non-hydrogen) atoms. The number of hydrogen-bond acceptors (Lipinski definition) is 8. The molecule has 5 rings (SSSR count). The number of rotatable bonds is 14. The predicted octanol–water partition coefficient (Wildman–Crippen LogP) is 6.59. The van der Waals surface area contributed by atoms with E-state index in [0.717, 1.165) is 56.8 Å². The average Bonchev–Trinajstić information content (AvgIpc) is 3.06. The number of benzene rings is 3. The standard InChI is InChI=1S/C35H41Cl2N3O6/c1-2-9-32(42)45-34(26-10-4-3-5-11-26)46-35(43)40-30-24-27(16-14-25(30)15-17-31(40)41)44-23-7-6-18-38-19-21-39(22-20-38)29-13-8-12-28(36)33(29)37/h3-5,8,10-14,16,24,34-35,43H,2,6-7,9,15,17-23H2,1H3. The van der Waals surface area contributed by atoms with Crippen molar-refractivity contribution in [3.63, 3.8) is 0 Å². The highest BCUT2D eigenvalue weighted by Gasteiger charge is 2.33. The largest absolute Gasteiger partial charge is 0.494 e. The van der Waals surface area contributed by atoms with Crippen LogP contribution in [0.2, 0.25) is 10.0 Å². The van der Waals surface area contributed by atoms with E-state index in [0.29, 0.717) is 46.5 Å². The number of amides is 1. The number of unbranched alkanes of at least 4 members (excludes halogenated alkanes) is 1. The zero-order valence-corrected chi connectivity index (χ0v) is 27.6. The smallest absolute Gasteiger partial charge is 0.308 e. The molecule has 2 aliphatic rings. The summed E-state index contributed by atoms with van der Waals surface area (Å²) in [5, 5.41) is 12.3. The first kappa shape index (κ1) is 34.0. The van der Waals surface area contributed by atoms with Crippen LogP contribution in [-0.2, 0) is 25.5 Å². The lowest BCUT2D eigenvalue weighted by Gasteiger charge is -2.36. The van der Waals surface area contributed by atoms with Crippen LogP contribution in [0.5, 0.6) is 5.75 Å². The van der Waals surface area contributed by atoms with Gasteiger partial charge >= 0.3 is 5.97 Å². The number of piperazine rings is 1. The number of carbonyl (C=O) groups is 2. The molecule has 246 valence electrons. The molecule has 11 heteroatoms. The molecule has 3 aromatic carbocycles. The first-order chi connectivity index (χ1) is 22.3. The molecule has 0 aliphatic carbocycles. The molecule has 0 saturated carbocycles. The van der Waals surface area contributed by atoms with Crippen molar-refractivity contribution in [3.8, 4) is 5.75 Å². The summed E-state index contributed by atoms with van der Waals surface area (Å²) < 4.78 is 17.4. The number of carbonyl (C=O) groups excluding carboxylic acids is 2. The maximum Gasteiger partial charge on any atom is 0.308 e. The van der Waals surface area contributed by atoms with Gasteiger partial charge in [0.05, 0.1) is 28.0 Å². The third-order valence-electron chi connectivity index (χ3n) is 8.21. The molecule has 1 fully saturated rings. The number of esters is 1. The van der Waals surface area contributed by atoms with Crippen LogP contribution >= 0.6 is 23.2 Å². The fraction of sp³-hybridized carbons (Fsp3) is 0.429. The van der Waals surface area contributed by atoms with Gasteiger partial charge < -0.3 is 19.5 Å². The van der Waals surface area contributed by atoms with E-state index in [1.165, 1.54) is 4.90 Å². The third kappa shape index (κ3) is 8.72. The van der Waals surface area contributed by atoms with Gasteiger partial charge in [0, 0.05) is 50.7 Å². The monoisotopic (exact) mass is 669 g/mol. The van der Waals surface area contributed by atoms with E-state index in [9.17, 15) is 14.7 Å². The molecule has 3 aromatic rings. The van der Waals surface area contributed by atoms with Gasteiger partial charge in [-0.1, -0.05) is 72.6 Å². The molecule has 2 heterocycles. The van der Waals surface area contributed by atoms with Crippen LogP contribution in [0, 0.1) is 0 Å². The van der Waals surface area contributed by atoms with Gasteiger partial charge in [-0.25, -0.2) is 0 Å². The van der Waals surface area contributed by atoms with E-state index in [-0.39, 0.29) is 18.7 Å². The van der Waals surface area contributed by atoms with Crippen LogP contribution in [0.3, 0.4) is 0 Å². The van der Waals surface area contributed by atoms with Gasteiger partial charge in [0.1, 0.15) is 5.75 Å². The Kier molecular flexibility index (Phi) is 12.2. The van der Waals surface area contributed by atoms with Crippen molar-refractivity contribution in [3.05, 3.63) is 87.9 Å². The second kappa shape index (κ2) is 16.5. The Bertz CT molecular complexity index is 1470. The summed E-state index contributed by atoms with van der Waals surface area (Å²) in [7, 11) is 0. The lowest BCUT2D eigenvalue weighted by atomic mass is 10.0. The number of hydrogen-bond donors (Lipinski definition) is 1. The van der Waals surface area contributed by atoms with Crippen molar-refractivity contribution < 1.29 is 28.9 Å². The molecular weight excluding hydrogens is 629 g/mol. The SMILES string of the molecule is CCCC(=O)OC(OC(O)N1C(=O)CCc2ccc(OCCCCN3CCN(c4cccc(Cl)c4Cl)CC3)cc21)c1ccccc1. The van der Waals surface area contributed by atoms with Crippen molar-refractivity contribution in [1.29, 1.82) is 0 Å². The van der Waals surface area contributed by atoms with Gasteiger partial charge in [-0.2, -0.15) is 0 Å². The molecule has 0 bridgehead atoms. The number of anilines is 2. The number of aliphatic hydroxyl groups is 1. The Morgan fingerprint density at radius 3 is 2.48 bits per heavy atom. The Hall–Kier alpha value is -3.34. The topological polar surface area (TPSA) is 91.8 Å². The summed E-state index contributed by atoms with van der Waals surface area (Å²) in [6.45, 7) is 7.06. The normalized spacial score (nSPS) is 16.6. The van der Waals surface area contributed by atoms with Gasteiger partial charge in [0.2, 0.25) is 18.6 Å². The lowest BCUT2D eigenvalue weighted by molar-refractivity contribution is -0.229. The highest BCUT2D eigenvalue weighted by Crippen LogP contribution is 2.35. The van der Waals surface area contributed by atoms with Crippen LogP contribution in [0.4, 0.5) is 11.4 Å². The maximum absolute atomic E-state index is 13.1. The lowest BCUT2D eigenvalue weighted by Crippen LogP contribution is -2.46. The van der Waals surface area contributed by atoms with E-state index in [4.69, 9.17) is 37.4 Å². The molecule has 0 aromatic heterocycles. The summed E-state index contributed by atoms with van der Waals surface area (Å²) >= 11 is 12.6. The summed E-state index contributed by atoms with van der Waals surface area (Å²) in [6.07, 6.45) is 0.598. The van der Waals surface area contributed by atoms with Gasteiger partial charge in [0.15, 0.2) is 0 Å². The molecule has 1 saturated heterocycles. The first-order valence-electron chi connectivity index (χ1n) is 15.9. The number of fused-ring (bicyclic) bond motifs is 1. The molecule has 0 spiro atoms. The van der Waals surface area contributed by atoms with E-state index in [1.54, 1.807) is 36.4 Å². The number of halogens is 2. The zero-order chi connectivity index (χ0) is 32.5. The molecule has 0 radical (unpaired) electrons. The Morgan fingerprint density at radius 2 is 1.72 bits per heavy atom. The summed E-state index contributed by atoms with van der Waals surface area (Å²) in [4.78, 5) is 31.3. The number of nitrogens with zero attached hydrogens (tertiary/aromatic N) is 3. The Balaban J connectivity index is 1.13. The summed E-state index contributed by atoms with van der Waals surface area (Å²) in [5.41, 5.74) is 2.95. The summed E-state index contributed by atoms with van der Waals surface area (Å²) in [5.74, 6) is -0.137. The van der Waals surface area contributed by atoms with Crippen LogP contribution in [0.25, 0.3) is 0 Å². The van der Waals surface area contributed by atoms with Crippen LogP contribution < -0.4 is 14.5 Å². The van der Waals surface area contributed by atoms with Crippen LogP contribution in [0.15, 0.2) is 66.7 Å². The molecule has 2 atom stereocenters. The number of ether oxygens (including phenoxy) is 3. The second-order valence-corrected chi connectivity index (χ2v) is 12.2. The quantitative estimate of drug-likeness (QED) is 0.117. The van der Waals surface area contributed by atoms with Crippen molar-refractivity contribution in [1.82, 2.24) is 4.90 Å². The molecule has 9 nitrogen and oxygen atoms in total. The van der Waals surface area contributed by atoms with Gasteiger partial charge in [-0.15, -0.1) is 0 Å². The predicted molar refractivity (Wildman–Crippen MR) is 179 cm³/mol. The molecule has 1 amide bonds. The minimum Gasteiger partial charge on any atom is -0.494 e. The maximum atomic E-state index is 13.1. The molecule has 2 unspecified atom stereocenters. The molecule has 2 aliphatic heterocycles. The van der Waals surface area contributed by atoms with Crippen molar-refractivity contribution in [2.75, 3.05) is 49.1 Å². The Labute approximate surface area is 280 Å². The number of aryl methyl sites for hydroxylation is 1. The third-order valence-corrected chi connectivity index (χ3v) is 9.01. The van der Waals surface area contributed by atoms with Gasteiger partial charge in [-0.05, 0) is 56.0 Å². The van der Waals surface area contributed by atoms with Gasteiger partial charge in [0.25, 0.3) is 0 Å². The average molecular weight is 671 g/mol. The Morgan fingerprint density at radius 1 is 0.935 bits per heavy atom. The van der Waals surface area contributed by atoms with Gasteiger partial charge in [-0.3, -0.25) is 24.1 Å². The summed E-state index contributed by atoms with van der Waals surface area (Å²) in [6, 6.07) is 20.2. The highest BCUT2D eigenvalue weighted by atomic mass is 35.5. The van der Waals surface area contributed by atoms with Crippen molar-refractivity contribution in [2.24, 2.45) is 0 Å². The van der Waals surface area contributed by atoms with Crippen LogP contribution in [0.1, 0.15) is 56.4 Å². The molecule has 1 N–H and O–H groups in total. The van der Waals surface area contributed by atoms with Crippen LogP contribution in [-0.4, -0.2) is 67.6 Å². The van der Waals surface area contributed by atoms with Crippen molar-refractivity contribution in [2.45, 2.75) is 58.2 Å². The minimum atomic E-state index is -1.67. The fourth-order valence-corrected chi connectivity index (χ4v) is 6.14. The number of aliphatic hydroxyl groups excluding tert-OH is 1. The van der Waals surface area contributed by atoms with Crippen molar-refractivity contribution >= 4 is 46.5 Å². The van der Waals surface area contributed by atoms with E-state index >= 15 is 0 Å². The van der Waals surface area contributed by atoms with E-state index in [2.05, 4.69) is 9.80 Å². The molecular formula is C35H41Cl2N3O6.